The maximum absolute atomic E-state index is 11.7. The second kappa shape index (κ2) is 6.59. The van der Waals surface area contributed by atoms with Gasteiger partial charge in [-0.2, -0.15) is 0 Å². The highest BCUT2D eigenvalue weighted by Gasteiger charge is 2.16. The Morgan fingerprint density at radius 1 is 1.69 bits per heavy atom. The van der Waals surface area contributed by atoms with Crippen LogP contribution in [0.25, 0.3) is 0 Å². The van der Waals surface area contributed by atoms with Crippen molar-refractivity contribution in [2.75, 3.05) is 19.6 Å². The van der Waals surface area contributed by atoms with Gasteiger partial charge in [-0.3, -0.25) is 4.79 Å². The van der Waals surface area contributed by atoms with Crippen LogP contribution in [0.4, 0.5) is 0 Å². The van der Waals surface area contributed by atoms with E-state index in [-0.39, 0.29) is 18.3 Å². The van der Waals surface area contributed by atoms with Gasteiger partial charge in [-0.25, -0.2) is 0 Å². The van der Waals surface area contributed by atoms with Crippen molar-refractivity contribution in [2.45, 2.75) is 6.42 Å². The van der Waals surface area contributed by atoms with Gasteiger partial charge in [-0.1, -0.05) is 0 Å². The smallest absolute Gasteiger partial charge is 0.261 e. The summed E-state index contributed by atoms with van der Waals surface area (Å²) in [6.07, 6.45) is 1.16. The zero-order valence-electron chi connectivity index (χ0n) is 8.66. The average molecular weight is 326 g/mol. The van der Waals surface area contributed by atoms with Crippen molar-refractivity contribution in [1.29, 1.82) is 0 Å². The molecule has 2 N–H and O–H groups in total. The van der Waals surface area contributed by atoms with E-state index in [1.807, 2.05) is 11.4 Å². The van der Waals surface area contributed by atoms with Crippen molar-refractivity contribution in [3.05, 3.63) is 20.8 Å². The predicted octanol–water partition coefficient (Wildman–Crippen LogP) is 2.27. The lowest BCUT2D eigenvalue weighted by molar-refractivity contribution is 0.0952. The standard InChI is InChI=1S/C10H13BrN2OS.ClH/c11-8-3-9(15-6-8)10(14)13-5-7-1-2-12-4-7;/h3,6-7,12H,1-2,4-5H2,(H,13,14);1H. The maximum Gasteiger partial charge on any atom is 0.261 e. The third-order valence-corrected chi connectivity index (χ3v) is 4.19. The highest BCUT2D eigenvalue weighted by atomic mass is 79.9. The fourth-order valence-electron chi connectivity index (χ4n) is 1.64. The summed E-state index contributed by atoms with van der Waals surface area (Å²) in [6, 6.07) is 1.85. The van der Waals surface area contributed by atoms with E-state index in [0.29, 0.717) is 5.92 Å². The summed E-state index contributed by atoms with van der Waals surface area (Å²) in [7, 11) is 0. The molecule has 2 rings (SSSR count). The molecule has 1 aromatic heterocycles. The Hall–Kier alpha value is -0.100. The number of hydrogen-bond acceptors (Lipinski definition) is 3. The Bertz CT molecular complexity index is 352. The first-order valence-electron chi connectivity index (χ1n) is 4.98. The Morgan fingerprint density at radius 3 is 3.06 bits per heavy atom. The number of hydrogen-bond donors (Lipinski definition) is 2. The van der Waals surface area contributed by atoms with Gasteiger partial charge in [0.25, 0.3) is 5.91 Å². The lowest BCUT2D eigenvalue weighted by atomic mass is 10.1. The molecule has 0 aliphatic carbocycles. The van der Waals surface area contributed by atoms with E-state index in [2.05, 4.69) is 26.6 Å². The van der Waals surface area contributed by atoms with Crippen LogP contribution in [0.2, 0.25) is 0 Å². The number of rotatable bonds is 3. The first-order chi connectivity index (χ1) is 7.25. The number of halogens is 2. The number of amides is 1. The zero-order chi connectivity index (χ0) is 10.7. The van der Waals surface area contributed by atoms with Crippen molar-refractivity contribution in [1.82, 2.24) is 10.6 Å². The molecule has 3 nitrogen and oxygen atoms in total. The van der Waals surface area contributed by atoms with Crippen LogP contribution >= 0.6 is 39.7 Å². The van der Waals surface area contributed by atoms with Gasteiger partial charge in [0.2, 0.25) is 0 Å². The second-order valence-electron chi connectivity index (χ2n) is 3.70. The molecule has 1 aromatic rings. The molecule has 0 spiro atoms. The lowest BCUT2D eigenvalue weighted by Gasteiger charge is -2.08. The highest BCUT2D eigenvalue weighted by Crippen LogP contribution is 2.19. The largest absolute Gasteiger partial charge is 0.351 e. The summed E-state index contributed by atoms with van der Waals surface area (Å²) in [4.78, 5) is 12.4. The first-order valence-corrected chi connectivity index (χ1v) is 6.66. The molecule has 1 amide bonds. The molecule has 0 saturated carbocycles. The Labute approximate surface area is 114 Å². The molecule has 1 aliphatic heterocycles. The fourth-order valence-corrected chi connectivity index (χ4v) is 2.99. The van der Waals surface area contributed by atoms with Crippen molar-refractivity contribution in [3.8, 4) is 0 Å². The van der Waals surface area contributed by atoms with E-state index in [4.69, 9.17) is 0 Å². The lowest BCUT2D eigenvalue weighted by Crippen LogP contribution is -2.29. The van der Waals surface area contributed by atoms with E-state index >= 15 is 0 Å². The van der Waals surface area contributed by atoms with Gasteiger partial charge in [0.15, 0.2) is 0 Å². The van der Waals surface area contributed by atoms with Crippen LogP contribution in [0.15, 0.2) is 15.9 Å². The van der Waals surface area contributed by atoms with Crippen LogP contribution in [0.5, 0.6) is 0 Å². The van der Waals surface area contributed by atoms with E-state index in [1.165, 1.54) is 11.3 Å². The van der Waals surface area contributed by atoms with E-state index in [1.54, 1.807) is 0 Å². The number of carbonyl (C=O) groups is 1. The molecule has 1 aliphatic rings. The van der Waals surface area contributed by atoms with Gasteiger partial charge >= 0.3 is 0 Å². The minimum Gasteiger partial charge on any atom is -0.351 e. The first kappa shape index (κ1) is 14.0. The Balaban J connectivity index is 0.00000128. The van der Waals surface area contributed by atoms with E-state index in [9.17, 15) is 4.79 Å². The average Bonchev–Trinajstić information content (AvgIpc) is 2.84. The molecular formula is C10H14BrClN2OS. The quantitative estimate of drug-likeness (QED) is 0.895. The van der Waals surface area contributed by atoms with E-state index in [0.717, 1.165) is 35.4 Å². The molecule has 16 heavy (non-hydrogen) atoms. The molecule has 0 radical (unpaired) electrons. The van der Waals surface area contributed by atoms with E-state index < -0.39 is 0 Å². The van der Waals surface area contributed by atoms with Gasteiger partial charge in [0.05, 0.1) is 4.88 Å². The highest BCUT2D eigenvalue weighted by molar-refractivity contribution is 9.10. The predicted molar refractivity (Wildman–Crippen MR) is 72.6 cm³/mol. The summed E-state index contributed by atoms with van der Waals surface area (Å²) >= 11 is 4.80. The number of nitrogens with one attached hydrogen (secondary N) is 2. The van der Waals surface area contributed by atoms with Crippen molar-refractivity contribution < 1.29 is 4.79 Å². The topological polar surface area (TPSA) is 41.1 Å². The third-order valence-electron chi connectivity index (χ3n) is 2.50. The number of thiophene rings is 1. The van der Waals surface area contributed by atoms with Crippen LogP contribution in [-0.4, -0.2) is 25.5 Å². The number of carbonyl (C=O) groups excluding carboxylic acids is 1. The monoisotopic (exact) mass is 324 g/mol. The van der Waals surface area contributed by atoms with Crippen molar-refractivity contribution in [3.63, 3.8) is 0 Å². The minimum atomic E-state index is 0. The third kappa shape index (κ3) is 3.73. The SMILES string of the molecule is Cl.O=C(NCC1CCNC1)c1cc(Br)cs1. The van der Waals surface area contributed by atoms with Crippen LogP contribution in [0, 0.1) is 5.92 Å². The van der Waals surface area contributed by atoms with Crippen molar-refractivity contribution >= 4 is 45.6 Å². The molecule has 6 heteroatoms. The van der Waals surface area contributed by atoms with Crippen LogP contribution in [0.3, 0.4) is 0 Å². The molecule has 1 fully saturated rings. The normalized spacial score (nSPS) is 19.2. The summed E-state index contributed by atoms with van der Waals surface area (Å²) in [5.41, 5.74) is 0. The van der Waals surface area contributed by atoms with Crippen LogP contribution < -0.4 is 10.6 Å². The van der Waals surface area contributed by atoms with Gasteiger partial charge in [0, 0.05) is 16.4 Å². The Kier molecular flexibility index (Phi) is 5.75. The molecular weight excluding hydrogens is 312 g/mol. The molecule has 2 heterocycles. The molecule has 1 atom stereocenters. The zero-order valence-corrected chi connectivity index (χ0v) is 11.9. The molecule has 1 saturated heterocycles. The molecule has 0 aromatic carbocycles. The summed E-state index contributed by atoms with van der Waals surface area (Å²) in [5.74, 6) is 0.634. The van der Waals surface area contributed by atoms with Gasteiger partial charge in [-0.05, 0) is 47.4 Å². The Morgan fingerprint density at radius 2 is 2.50 bits per heavy atom. The van der Waals surface area contributed by atoms with Gasteiger partial charge in [-0.15, -0.1) is 23.7 Å². The van der Waals surface area contributed by atoms with Gasteiger partial charge < -0.3 is 10.6 Å². The van der Waals surface area contributed by atoms with Crippen molar-refractivity contribution in [2.24, 2.45) is 5.92 Å². The van der Waals surface area contributed by atoms with Gasteiger partial charge in [0.1, 0.15) is 0 Å². The fraction of sp³-hybridized carbons (Fsp3) is 0.500. The van der Waals surface area contributed by atoms with Crippen LogP contribution in [-0.2, 0) is 0 Å². The summed E-state index contributed by atoms with van der Waals surface area (Å²) in [6.45, 7) is 2.88. The maximum atomic E-state index is 11.7. The molecule has 90 valence electrons. The second-order valence-corrected chi connectivity index (χ2v) is 5.52. The minimum absolute atomic E-state index is 0. The summed E-state index contributed by atoms with van der Waals surface area (Å²) < 4.78 is 0.972. The summed E-state index contributed by atoms with van der Waals surface area (Å²) in [5, 5.41) is 8.17. The molecule has 1 unspecified atom stereocenters. The molecule has 0 bridgehead atoms. The van der Waals surface area contributed by atoms with Crippen LogP contribution in [0.1, 0.15) is 16.1 Å².